The Morgan fingerprint density at radius 1 is 1.44 bits per heavy atom. The van der Waals surface area contributed by atoms with Gasteiger partial charge in [0.15, 0.2) is 0 Å². The van der Waals surface area contributed by atoms with E-state index < -0.39 is 0 Å². The minimum absolute atomic E-state index is 0.141. The molecule has 0 radical (unpaired) electrons. The summed E-state index contributed by atoms with van der Waals surface area (Å²) in [6, 6.07) is 0.462. The van der Waals surface area contributed by atoms with E-state index in [0.717, 1.165) is 25.7 Å². The van der Waals surface area contributed by atoms with Crippen molar-refractivity contribution in [2.45, 2.75) is 64.0 Å². The molecule has 4 nitrogen and oxygen atoms in total. The summed E-state index contributed by atoms with van der Waals surface area (Å²) in [4.78, 5) is 11.4. The van der Waals surface area contributed by atoms with Gasteiger partial charge in [0, 0.05) is 12.1 Å². The first-order valence-electron chi connectivity index (χ1n) is 6.41. The minimum atomic E-state index is -0.282. The van der Waals surface area contributed by atoms with Gasteiger partial charge in [-0.3, -0.25) is 0 Å². The molecule has 0 saturated heterocycles. The predicted molar refractivity (Wildman–Crippen MR) is 64.2 cm³/mol. The summed E-state index contributed by atoms with van der Waals surface area (Å²) >= 11 is 0. The first-order chi connectivity index (χ1) is 7.72. The third kappa shape index (κ3) is 5.35. The zero-order valence-electron chi connectivity index (χ0n) is 10.2. The largest absolute Gasteiger partial charge is 0.449 e. The molecule has 4 heteroatoms. The molecule has 3 N–H and O–H groups in total. The van der Waals surface area contributed by atoms with Gasteiger partial charge in [-0.25, -0.2) is 4.79 Å². The number of nitrogens with two attached hydrogens (primary N) is 1. The summed E-state index contributed by atoms with van der Waals surface area (Å²) in [5.74, 6) is 0. The van der Waals surface area contributed by atoms with Crippen molar-refractivity contribution in [1.82, 2.24) is 5.32 Å². The van der Waals surface area contributed by atoms with Crippen LogP contribution in [0, 0.1) is 0 Å². The standard InChI is InChI=1S/C12H24N2O2/c1-2-10(13)8-9-16-12(15)14-11-6-4-3-5-7-11/h10-11H,2-9,13H2,1H3,(H,14,15). The molecule has 0 aromatic rings. The van der Waals surface area contributed by atoms with Crippen molar-refractivity contribution in [3.63, 3.8) is 0 Å². The lowest BCUT2D eigenvalue weighted by atomic mass is 9.96. The summed E-state index contributed by atoms with van der Waals surface area (Å²) in [6.45, 7) is 2.46. The van der Waals surface area contributed by atoms with Crippen LogP contribution in [0.15, 0.2) is 0 Å². The normalized spacial score (nSPS) is 19.1. The second-order valence-electron chi connectivity index (χ2n) is 4.57. The molecule has 0 bridgehead atoms. The van der Waals surface area contributed by atoms with Crippen LogP contribution in [0.5, 0.6) is 0 Å². The molecule has 0 aromatic carbocycles. The number of ether oxygens (including phenoxy) is 1. The number of nitrogens with one attached hydrogen (secondary N) is 1. The highest BCUT2D eigenvalue weighted by Crippen LogP contribution is 2.17. The zero-order valence-corrected chi connectivity index (χ0v) is 10.2. The molecule has 1 amide bonds. The Balaban J connectivity index is 2.05. The second-order valence-corrected chi connectivity index (χ2v) is 4.57. The van der Waals surface area contributed by atoms with Crippen LogP contribution in [-0.4, -0.2) is 24.8 Å². The Kier molecular flexibility index (Phi) is 6.23. The maximum absolute atomic E-state index is 11.4. The Bertz CT molecular complexity index is 203. The molecule has 0 heterocycles. The first kappa shape index (κ1) is 13.3. The van der Waals surface area contributed by atoms with Gasteiger partial charge in [0.2, 0.25) is 0 Å². The maximum atomic E-state index is 11.4. The molecule has 0 aromatic heterocycles. The fourth-order valence-corrected chi connectivity index (χ4v) is 1.96. The predicted octanol–water partition coefficient (Wildman–Crippen LogP) is 2.17. The Labute approximate surface area is 97.9 Å². The lowest BCUT2D eigenvalue weighted by Crippen LogP contribution is -2.37. The fourth-order valence-electron chi connectivity index (χ4n) is 1.96. The molecular weight excluding hydrogens is 204 g/mol. The van der Waals surface area contributed by atoms with Crippen LogP contribution < -0.4 is 11.1 Å². The number of hydrogen-bond acceptors (Lipinski definition) is 3. The SMILES string of the molecule is CCC(N)CCOC(=O)NC1CCCCC1. The molecule has 1 saturated carbocycles. The Morgan fingerprint density at radius 3 is 2.75 bits per heavy atom. The maximum Gasteiger partial charge on any atom is 0.407 e. The van der Waals surface area contributed by atoms with Crippen molar-refractivity contribution in [3.05, 3.63) is 0 Å². The van der Waals surface area contributed by atoms with Crippen molar-refractivity contribution < 1.29 is 9.53 Å². The number of carbonyl (C=O) groups excluding carboxylic acids is 1. The van der Waals surface area contributed by atoms with Crippen LogP contribution in [0.25, 0.3) is 0 Å². The van der Waals surface area contributed by atoms with E-state index in [1.54, 1.807) is 0 Å². The summed E-state index contributed by atoms with van der Waals surface area (Å²) < 4.78 is 5.09. The summed E-state index contributed by atoms with van der Waals surface area (Å²) in [6.07, 6.45) is 7.28. The highest BCUT2D eigenvalue weighted by atomic mass is 16.5. The van der Waals surface area contributed by atoms with E-state index in [0.29, 0.717) is 12.6 Å². The average molecular weight is 228 g/mol. The summed E-state index contributed by atoms with van der Waals surface area (Å²) in [7, 11) is 0. The third-order valence-corrected chi connectivity index (χ3v) is 3.17. The number of carbonyl (C=O) groups is 1. The van der Waals surface area contributed by atoms with Crippen LogP contribution in [-0.2, 0) is 4.74 Å². The van der Waals surface area contributed by atoms with Gasteiger partial charge in [0.1, 0.15) is 0 Å². The van der Waals surface area contributed by atoms with Gasteiger partial charge < -0.3 is 15.8 Å². The van der Waals surface area contributed by atoms with Gasteiger partial charge in [0.25, 0.3) is 0 Å². The van der Waals surface area contributed by atoms with E-state index >= 15 is 0 Å². The number of amides is 1. The first-order valence-corrected chi connectivity index (χ1v) is 6.41. The third-order valence-electron chi connectivity index (χ3n) is 3.17. The van der Waals surface area contributed by atoms with Gasteiger partial charge in [-0.2, -0.15) is 0 Å². The lowest BCUT2D eigenvalue weighted by Gasteiger charge is -2.22. The van der Waals surface area contributed by atoms with E-state index in [9.17, 15) is 4.79 Å². The molecule has 1 fully saturated rings. The Hall–Kier alpha value is -0.770. The number of alkyl carbamates (subject to hydrolysis) is 1. The summed E-state index contributed by atoms with van der Waals surface area (Å²) in [5.41, 5.74) is 5.73. The van der Waals surface area contributed by atoms with Gasteiger partial charge >= 0.3 is 6.09 Å². The van der Waals surface area contributed by atoms with Crippen LogP contribution in [0.1, 0.15) is 51.9 Å². The fraction of sp³-hybridized carbons (Fsp3) is 0.917. The molecule has 1 aliphatic rings. The molecule has 1 rings (SSSR count). The zero-order chi connectivity index (χ0) is 11.8. The molecule has 94 valence electrons. The number of hydrogen-bond donors (Lipinski definition) is 2. The van der Waals surface area contributed by atoms with Crippen molar-refractivity contribution in [2.24, 2.45) is 5.73 Å². The van der Waals surface area contributed by atoms with Gasteiger partial charge in [-0.05, 0) is 25.7 Å². The van der Waals surface area contributed by atoms with E-state index in [1.165, 1.54) is 19.3 Å². The topological polar surface area (TPSA) is 64.3 Å². The highest BCUT2D eigenvalue weighted by Gasteiger charge is 2.16. The lowest BCUT2D eigenvalue weighted by molar-refractivity contribution is 0.135. The highest BCUT2D eigenvalue weighted by molar-refractivity contribution is 5.67. The van der Waals surface area contributed by atoms with Crippen LogP contribution >= 0.6 is 0 Å². The van der Waals surface area contributed by atoms with E-state index in [-0.39, 0.29) is 12.1 Å². The quantitative estimate of drug-likeness (QED) is 0.758. The Morgan fingerprint density at radius 2 is 2.12 bits per heavy atom. The molecule has 16 heavy (non-hydrogen) atoms. The van der Waals surface area contributed by atoms with Crippen molar-refractivity contribution in [3.8, 4) is 0 Å². The van der Waals surface area contributed by atoms with Crippen molar-refractivity contribution in [1.29, 1.82) is 0 Å². The van der Waals surface area contributed by atoms with Crippen LogP contribution in [0.2, 0.25) is 0 Å². The monoisotopic (exact) mass is 228 g/mol. The van der Waals surface area contributed by atoms with Crippen LogP contribution in [0.4, 0.5) is 4.79 Å². The summed E-state index contributed by atoms with van der Waals surface area (Å²) in [5, 5.41) is 2.91. The van der Waals surface area contributed by atoms with Gasteiger partial charge in [-0.15, -0.1) is 0 Å². The molecule has 0 spiro atoms. The molecule has 1 atom stereocenters. The number of rotatable bonds is 5. The molecule has 1 aliphatic carbocycles. The van der Waals surface area contributed by atoms with E-state index in [1.807, 2.05) is 6.92 Å². The second kappa shape index (κ2) is 7.49. The van der Waals surface area contributed by atoms with E-state index in [4.69, 9.17) is 10.5 Å². The van der Waals surface area contributed by atoms with E-state index in [2.05, 4.69) is 5.32 Å². The smallest absolute Gasteiger partial charge is 0.407 e. The molecular formula is C12H24N2O2. The average Bonchev–Trinajstić information content (AvgIpc) is 2.30. The van der Waals surface area contributed by atoms with Gasteiger partial charge in [0.05, 0.1) is 6.61 Å². The minimum Gasteiger partial charge on any atom is -0.449 e. The van der Waals surface area contributed by atoms with Crippen molar-refractivity contribution >= 4 is 6.09 Å². The molecule has 1 unspecified atom stereocenters. The van der Waals surface area contributed by atoms with Crippen molar-refractivity contribution in [2.75, 3.05) is 6.61 Å². The van der Waals surface area contributed by atoms with Crippen LogP contribution in [0.3, 0.4) is 0 Å². The molecule has 0 aliphatic heterocycles. The van der Waals surface area contributed by atoms with Gasteiger partial charge in [-0.1, -0.05) is 26.2 Å².